The SMILES string of the molecule is CCc1ccccc1-n1ccc2c(nnc3c(C(=O)OC)cnn32)c1=O. The molecule has 0 aliphatic heterocycles. The zero-order valence-corrected chi connectivity index (χ0v) is 14.2. The molecule has 8 nitrogen and oxygen atoms in total. The van der Waals surface area contributed by atoms with Crippen LogP contribution in [0.1, 0.15) is 22.8 Å². The van der Waals surface area contributed by atoms with Gasteiger partial charge in [0.15, 0.2) is 11.2 Å². The van der Waals surface area contributed by atoms with Crippen LogP contribution in [-0.4, -0.2) is 37.5 Å². The van der Waals surface area contributed by atoms with Gasteiger partial charge in [-0.2, -0.15) is 5.10 Å². The van der Waals surface area contributed by atoms with Crippen molar-refractivity contribution < 1.29 is 9.53 Å². The van der Waals surface area contributed by atoms with Crippen LogP contribution in [0.5, 0.6) is 0 Å². The topological polar surface area (TPSA) is 91.4 Å². The molecule has 0 fully saturated rings. The highest BCUT2D eigenvalue weighted by molar-refractivity contribution is 5.96. The summed E-state index contributed by atoms with van der Waals surface area (Å²) < 4.78 is 7.69. The van der Waals surface area contributed by atoms with E-state index in [-0.39, 0.29) is 22.3 Å². The summed E-state index contributed by atoms with van der Waals surface area (Å²) in [6, 6.07) is 9.43. The molecule has 0 radical (unpaired) electrons. The van der Waals surface area contributed by atoms with Crippen molar-refractivity contribution in [2.45, 2.75) is 13.3 Å². The van der Waals surface area contributed by atoms with Gasteiger partial charge in [-0.05, 0) is 24.1 Å². The number of para-hydroxylation sites is 1. The second-order valence-electron chi connectivity index (χ2n) is 5.69. The maximum atomic E-state index is 13.0. The number of hydrogen-bond donors (Lipinski definition) is 0. The molecule has 0 saturated carbocycles. The lowest BCUT2D eigenvalue weighted by Gasteiger charge is -2.11. The van der Waals surface area contributed by atoms with Gasteiger partial charge in [0, 0.05) is 6.20 Å². The Balaban J connectivity index is 1.99. The number of fused-ring (bicyclic) bond motifs is 3. The van der Waals surface area contributed by atoms with Gasteiger partial charge in [-0.3, -0.25) is 9.36 Å². The molecule has 4 aromatic rings. The zero-order chi connectivity index (χ0) is 18.3. The molecule has 8 heteroatoms. The van der Waals surface area contributed by atoms with Crippen molar-refractivity contribution in [1.82, 2.24) is 24.4 Å². The number of nitrogens with zero attached hydrogens (tertiary/aromatic N) is 5. The molecule has 3 heterocycles. The Bertz CT molecular complexity index is 1210. The highest BCUT2D eigenvalue weighted by Gasteiger charge is 2.18. The van der Waals surface area contributed by atoms with Crippen LogP contribution < -0.4 is 5.56 Å². The Labute approximate surface area is 147 Å². The molecule has 0 atom stereocenters. The van der Waals surface area contributed by atoms with Crippen molar-refractivity contribution in [3.8, 4) is 5.69 Å². The van der Waals surface area contributed by atoms with Gasteiger partial charge in [0.25, 0.3) is 5.56 Å². The monoisotopic (exact) mass is 349 g/mol. The lowest BCUT2D eigenvalue weighted by Crippen LogP contribution is -2.21. The van der Waals surface area contributed by atoms with Crippen LogP contribution >= 0.6 is 0 Å². The Morgan fingerprint density at radius 1 is 1.19 bits per heavy atom. The van der Waals surface area contributed by atoms with E-state index in [0.717, 1.165) is 17.7 Å². The quantitative estimate of drug-likeness (QED) is 0.524. The highest BCUT2D eigenvalue weighted by atomic mass is 16.5. The fraction of sp³-hybridized carbons (Fsp3) is 0.167. The molecule has 3 aromatic heterocycles. The summed E-state index contributed by atoms with van der Waals surface area (Å²) in [5, 5.41) is 12.2. The van der Waals surface area contributed by atoms with E-state index >= 15 is 0 Å². The molecular weight excluding hydrogens is 334 g/mol. The number of esters is 1. The van der Waals surface area contributed by atoms with E-state index in [0.29, 0.717) is 5.52 Å². The third-order valence-electron chi connectivity index (χ3n) is 4.30. The molecule has 4 rings (SSSR count). The van der Waals surface area contributed by atoms with Gasteiger partial charge in [-0.25, -0.2) is 9.31 Å². The van der Waals surface area contributed by atoms with E-state index in [1.165, 1.54) is 17.8 Å². The Morgan fingerprint density at radius 3 is 2.77 bits per heavy atom. The molecule has 0 saturated heterocycles. The fourth-order valence-corrected chi connectivity index (χ4v) is 2.98. The number of hydrogen-bond acceptors (Lipinski definition) is 6. The molecule has 0 amide bonds. The van der Waals surface area contributed by atoms with Crippen LogP contribution in [0.3, 0.4) is 0 Å². The third kappa shape index (κ3) is 2.26. The van der Waals surface area contributed by atoms with Gasteiger partial charge in [-0.1, -0.05) is 25.1 Å². The number of ether oxygens (including phenoxy) is 1. The van der Waals surface area contributed by atoms with Gasteiger partial charge in [0.2, 0.25) is 0 Å². The highest BCUT2D eigenvalue weighted by Crippen LogP contribution is 2.17. The summed E-state index contributed by atoms with van der Waals surface area (Å²) in [5.41, 5.74) is 2.64. The number of benzene rings is 1. The minimum Gasteiger partial charge on any atom is -0.465 e. The normalized spacial score (nSPS) is 11.2. The zero-order valence-electron chi connectivity index (χ0n) is 14.2. The Hall–Kier alpha value is -3.55. The minimum absolute atomic E-state index is 0.172. The molecule has 130 valence electrons. The maximum absolute atomic E-state index is 13.0. The number of carbonyl (C=O) groups is 1. The summed E-state index contributed by atoms with van der Waals surface area (Å²) in [6.07, 6.45) is 3.83. The van der Waals surface area contributed by atoms with Crippen molar-refractivity contribution in [1.29, 1.82) is 0 Å². The van der Waals surface area contributed by atoms with Crippen molar-refractivity contribution in [2.24, 2.45) is 0 Å². The first-order valence-corrected chi connectivity index (χ1v) is 8.08. The molecule has 0 spiro atoms. The van der Waals surface area contributed by atoms with Crippen LogP contribution in [0.15, 0.2) is 47.5 Å². The number of methoxy groups -OCH3 is 1. The molecule has 0 aliphatic carbocycles. The average Bonchev–Trinajstić information content (AvgIpc) is 3.12. The summed E-state index contributed by atoms with van der Waals surface area (Å²) in [7, 11) is 1.28. The van der Waals surface area contributed by atoms with E-state index in [1.54, 1.807) is 16.8 Å². The number of carbonyl (C=O) groups excluding carboxylic acids is 1. The number of pyridine rings is 1. The van der Waals surface area contributed by atoms with Gasteiger partial charge in [0.1, 0.15) is 11.1 Å². The summed E-state index contributed by atoms with van der Waals surface area (Å²) >= 11 is 0. The lowest BCUT2D eigenvalue weighted by atomic mass is 10.1. The number of aryl methyl sites for hydroxylation is 1. The lowest BCUT2D eigenvalue weighted by molar-refractivity contribution is 0.0602. The smallest absolute Gasteiger partial charge is 0.343 e. The van der Waals surface area contributed by atoms with Crippen LogP contribution in [0, 0.1) is 0 Å². The second-order valence-corrected chi connectivity index (χ2v) is 5.69. The standard InChI is InChI=1S/C18H15N5O3/c1-3-11-6-4-5-7-13(11)22-9-8-14-15(17(22)24)20-21-16-12(18(25)26-2)10-19-23(14)16/h4-10H,3H2,1-2H3. The van der Waals surface area contributed by atoms with Gasteiger partial charge < -0.3 is 4.74 Å². The van der Waals surface area contributed by atoms with Crippen molar-refractivity contribution >= 4 is 22.6 Å². The summed E-state index contributed by atoms with van der Waals surface area (Å²) in [4.78, 5) is 24.8. The summed E-state index contributed by atoms with van der Waals surface area (Å²) in [6.45, 7) is 2.03. The van der Waals surface area contributed by atoms with E-state index in [9.17, 15) is 9.59 Å². The molecule has 26 heavy (non-hydrogen) atoms. The predicted octanol–water partition coefficient (Wildman–Crippen LogP) is 1.78. The Kier molecular flexibility index (Phi) is 3.72. The number of aromatic nitrogens is 5. The number of rotatable bonds is 3. The van der Waals surface area contributed by atoms with Crippen molar-refractivity contribution in [3.05, 3.63) is 64.2 Å². The molecule has 0 unspecified atom stereocenters. The van der Waals surface area contributed by atoms with Crippen LogP contribution in [0.2, 0.25) is 0 Å². The van der Waals surface area contributed by atoms with E-state index < -0.39 is 5.97 Å². The minimum atomic E-state index is -0.557. The molecule has 0 bridgehead atoms. The first kappa shape index (κ1) is 15.9. The largest absolute Gasteiger partial charge is 0.465 e. The van der Waals surface area contributed by atoms with E-state index in [2.05, 4.69) is 15.3 Å². The van der Waals surface area contributed by atoms with Crippen molar-refractivity contribution in [2.75, 3.05) is 7.11 Å². The van der Waals surface area contributed by atoms with Gasteiger partial charge >= 0.3 is 5.97 Å². The van der Waals surface area contributed by atoms with Gasteiger partial charge in [-0.15, -0.1) is 10.2 Å². The predicted molar refractivity (Wildman–Crippen MR) is 94.6 cm³/mol. The molecule has 1 aromatic carbocycles. The van der Waals surface area contributed by atoms with E-state index in [1.807, 2.05) is 31.2 Å². The second kappa shape index (κ2) is 6.07. The summed E-state index contributed by atoms with van der Waals surface area (Å²) in [5.74, 6) is -0.557. The first-order chi connectivity index (χ1) is 12.7. The van der Waals surface area contributed by atoms with Crippen molar-refractivity contribution in [3.63, 3.8) is 0 Å². The van der Waals surface area contributed by atoms with Gasteiger partial charge in [0.05, 0.1) is 19.0 Å². The average molecular weight is 349 g/mol. The first-order valence-electron chi connectivity index (χ1n) is 8.08. The van der Waals surface area contributed by atoms with E-state index in [4.69, 9.17) is 4.74 Å². The van der Waals surface area contributed by atoms with Crippen LogP contribution in [0.4, 0.5) is 0 Å². The van der Waals surface area contributed by atoms with Crippen LogP contribution in [0.25, 0.3) is 22.4 Å². The fourth-order valence-electron chi connectivity index (χ4n) is 2.98. The Morgan fingerprint density at radius 2 is 2.00 bits per heavy atom. The maximum Gasteiger partial charge on any atom is 0.343 e. The third-order valence-corrected chi connectivity index (χ3v) is 4.30. The van der Waals surface area contributed by atoms with Crippen LogP contribution in [-0.2, 0) is 11.2 Å². The molecule has 0 aliphatic rings. The molecular formula is C18H15N5O3. The molecule has 0 N–H and O–H groups in total.